The summed E-state index contributed by atoms with van der Waals surface area (Å²) in [5, 5.41) is 5.46. The Kier molecular flexibility index (Phi) is 6.69. The van der Waals surface area contributed by atoms with Crippen LogP contribution in [0.15, 0.2) is 48.7 Å². The van der Waals surface area contributed by atoms with Crippen LogP contribution in [-0.2, 0) is 0 Å². The minimum atomic E-state index is -0.883. The molecule has 0 saturated carbocycles. The maximum atomic E-state index is 14.3. The average molecular weight is 449 g/mol. The van der Waals surface area contributed by atoms with Crippen LogP contribution in [0.2, 0.25) is 5.02 Å². The van der Waals surface area contributed by atoms with Crippen molar-refractivity contribution in [3.05, 3.63) is 87.6 Å². The molecule has 158 valence electrons. The lowest BCUT2D eigenvalue weighted by atomic mass is 10.1. The van der Waals surface area contributed by atoms with Crippen molar-refractivity contribution >= 4 is 40.6 Å². The first-order valence-corrected chi connectivity index (χ1v) is 9.34. The summed E-state index contributed by atoms with van der Waals surface area (Å²) in [5.41, 5.74) is 0.00982. The summed E-state index contributed by atoms with van der Waals surface area (Å²) in [6.45, 7) is 6.94. The van der Waals surface area contributed by atoms with E-state index in [9.17, 15) is 14.0 Å². The number of aromatic nitrogens is 1. The SMILES string of the molecule is [C-]#[N+]c1ccc(C(=O)Nc2c(OC)cc(C#C)cc2C(=O)Nc2ccc(Cl)cn2)c(F)c1. The maximum Gasteiger partial charge on any atom is 0.259 e. The van der Waals surface area contributed by atoms with Crippen molar-refractivity contribution in [2.24, 2.45) is 0 Å². The number of hydrogen-bond donors (Lipinski definition) is 2. The van der Waals surface area contributed by atoms with Crippen molar-refractivity contribution < 1.29 is 18.7 Å². The summed E-state index contributed by atoms with van der Waals surface area (Å²) >= 11 is 5.81. The zero-order chi connectivity index (χ0) is 23.3. The molecule has 2 N–H and O–H groups in total. The molecule has 0 unspecified atom stereocenters. The highest BCUT2D eigenvalue weighted by Gasteiger charge is 2.22. The minimum Gasteiger partial charge on any atom is -0.495 e. The monoisotopic (exact) mass is 448 g/mol. The molecule has 2 aromatic carbocycles. The van der Waals surface area contributed by atoms with Crippen LogP contribution in [0.1, 0.15) is 26.3 Å². The summed E-state index contributed by atoms with van der Waals surface area (Å²) in [6, 6.07) is 9.30. The van der Waals surface area contributed by atoms with E-state index in [4.69, 9.17) is 29.3 Å². The van der Waals surface area contributed by atoms with Crippen LogP contribution < -0.4 is 15.4 Å². The molecule has 0 radical (unpaired) electrons. The topological polar surface area (TPSA) is 84.7 Å². The van der Waals surface area contributed by atoms with Gasteiger partial charge in [0.2, 0.25) is 0 Å². The van der Waals surface area contributed by atoms with Gasteiger partial charge in [0.25, 0.3) is 11.8 Å². The molecule has 0 atom stereocenters. The van der Waals surface area contributed by atoms with E-state index >= 15 is 0 Å². The molecule has 1 aromatic heterocycles. The number of nitrogens with zero attached hydrogens (tertiary/aromatic N) is 2. The smallest absolute Gasteiger partial charge is 0.259 e. The van der Waals surface area contributed by atoms with E-state index in [1.165, 1.54) is 43.6 Å². The first kappa shape index (κ1) is 22.3. The number of benzene rings is 2. The van der Waals surface area contributed by atoms with Crippen molar-refractivity contribution in [3.8, 4) is 18.1 Å². The van der Waals surface area contributed by atoms with Crippen LogP contribution in [-0.4, -0.2) is 23.9 Å². The standard InChI is InChI=1S/C23H14ClFN4O3/c1-4-13-9-17(23(31)28-20-8-5-14(24)12-27-20)21(19(10-13)32-3)29-22(30)16-7-6-15(26-2)11-18(16)25/h1,5-12H,3H3,(H,29,30)(H,27,28,31). The van der Waals surface area contributed by atoms with Crippen LogP contribution >= 0.6 is 11.6 Å². The predicted octanol–water partition coefficient (Wildman–Crippen LogP) is 4.92. The van der Waals surface area contributed by atoms with E-state index < -0.39 is 17.6 Å². The normalized spacial score (nSPS) is 9.91. The zero-order valence-corrected chi connectivity index (χ0v) is 17.3. The van der Waals surface area contributed by atoms with Gasteiger partial charge >= 0.3 is 0 Å². The molecule has 2 amide bonds. The molecule has 0 spiro atoms. The fourth-order valence-electron chi connectivity index (χ4n) is 2.74. The molecular formula is C23H14ClFN4O3. The predicted molar refractivity (Wildman–Crippen MR) is 119 cm³/mol. The quantitative estimate of drug-likeness (QED) is 0.428. The van der Waals surface area contributed by atoms with Gasteiger partial charge in [0.1, 0.15) is 17.4 Å². The van der Waals surface area contributed by atoms with Gasteiger partial charge in [0.15, 0.2) is 5.69 Å². The molecule has 0 aliphatic rings. The molecule has 7 nitrogen and oxygen atoms in total. The van der Waals surface area contributed by atoms with Crippen molar-refractivity contribution in [3.63, 3.8) is 0 Å². The second-order valence-corrected chi connectivity index (χ2v) is 6.73. The van der Waals surface area contributed by atoms with Crippen molar-refractivity contribution in [2.75, 3.05) is 17.7 Å². The molecule has 32 heavy (non-hydrogen) atoms. The van der Waals surface area contributed by atoms with Crippen LogP contribution in [0, 0.1) is 24.7 Å². The van der Waals surface area contributed by atoms with Gasteiger partial charge < -0.3 is 15.4 Å². The number of rotatable bonds is 5. The summed E-state index contributed by atoms with van der Waals surface area (Å²) in [6.07, 6.45) is 6.83. The Balaban J connectivity index is 2.01. The number of anilines is 2. The number of ether oxygens (including phenoxy) is 1. The van der Waals surface area contributed by atoms with Gasteiger partial charge in [-0.05, 0) is 30.3 Å². The number of nitrogens with one attached hydrogen (secondary N) is 2. The van der Waals surface area contributed by atoms with E-state index in [0.29, 0.717) is 10.6 Å². The number of pyridine rings is 1. The highest BCUT2D eigenvalue weighted by Crippen LogP contribution is 2.32. The van der Waals surface area contributed by atoms with Gasteiger partial charge in [-0.2, -0.15) is 0 Å². The van der Waals surface area contributed by atoms with Crippen LogP contribution in [0.3, 0.4) is 0 Å². The zero-order valence-electron chi connectivity index (χ0n) is 16.6. The lowest BCUT2D eigenvalue weighted by molar-refractivity contribution is 0.102. The van der Waals surface area contributed by atoms with Crippen molar-refractivity contribution in [2.45, 2.75) is 0 Å². The summed E-state index contributed by atoms with van der Waals surface area (Å²) < 4.78 is 19.6. The number of amides is 2. The lowest BCUT2D eigenvalue weighted by Gasteiger charge is -2.16. The number of methoxy groups -OCH3 is 1. The lowest BCUT2D eigenvalue weighted by Crippen LogP contribution is -2.20. The molecule has 0 fully saturated rings. The second kappa shape index (κ2) is 9.61. The molecule has 0 bridgehead atoms. The average Bonchev–Trinajstić information content (AvgIpc) is 2.80. The largest absolute Gasteiger partial charge is 0.495 e. The molecule has 0 aliphatic heterocycles. The number of halogens is 2. The Morgan fingerprint density at radius 1 is 1.16 bits per heavy atom. The van der Waals surface area contributed by atoms with Gasteiger partial charge in [-0.3, -0.25) is 9.59 Å². The highest BCUT2D eigenvalue weighted by molar-refractivity contribution is 6.30. The van der Waals surface area contributed by atoms with E-state index in [2.05, 4.69) is 26.4 Å². The third-order valence-corrected chi connectivity index (χ3v) is 4.49. The summed E-state index contributed by atoms with van der Waals surface area (Å²) in [4.78, 5) is 32.8. The minimum absolute atomic E-state index is 0.0170. The van der Waals surface area contributed by atoms with Crippen molar-refractivity contribution in [1.82, 2.24) is 4.98 Å². The molecule has 3 aromatic rings. The van der Waals surface area contributed by atoms with Gasteiger partial charge in [-0.15, -0.1) is 6.42 Å². The van der Waals surface area contributed by atoms with Gasteiger partial charge in [-0.25, -0.2) is 14.2 Å². The highest BCUT2D eigenvalue weighted by atomic mass is 35.5. The van der Waals surface area contributed by atoms with Crippen LogP contribution in [0.5, 0.6) is 5.75 Å². The Hall–Kier alpha value is -4.40. The van der Waals surface area contributed by atoms with Crippen molar-refractivity contribution in [1.29, 1.82) is 0 Å². The van der Waals surface area contributed by atoms with E-state index in [-0.39, 0.29) is 34.1 Å². The first-order chi connectivity index (χ1) is 15.4. The van der Waals surface area contributed by atoms with Gasteiger partial charge in [0, 0.05) is 11.8 Å². The third kappa shape index (κ3) is 4.84. The Labute approximate surface area is 188 Å². The molecule has 0 aliphatic carbocycles. The Morgan fingerprint density at radius 2 is 1.91 bits per heavy atom. The number of carbonyl (C=O) groups excluding carboxylic acids is 2. The molecule has 3 rings (SSSR count). The molecule has 9 heteroatoms. The number of hydrogen-bond acceptors (Lipinski definition) is 4. The van der Waals surface area contributed by atoms with E-state index in [1.54, 1.807) is 6.07 Å². The second-order valence-electron chi connectivity index (χ2n) is 6.29. The van der Waals surface area contributed by atoms with Gasteiger partial charge in [-0.1, -0.05) is 29.7 Å². The molecular weight excluding hydrogens is 435 g/mol. The van der Waals surface area contributed by atoms with Crippen LogP contribution in [0.4, 0.5) is 21.6 Å². The maximum absolute atomic E-state index is 14.3. The fourth-order valence-corrected chi connectivity index (χ4v) is 2.85. The Morgan fingerprint density at radius 3 is 2.50 bits per heavy atom. The summed E-state index contributed by atoms with van der Waals surface area (Å²) in [7, 11) is 1.33. The third-order valence-electron chi connectivity index (χ3n) is 4.27. The van der Waals surface area contributed by atoms with E-state index in [0.717, 1.165) is 6.07 Å². The number of carbonyl (C=O) groups is 2. The summed E-state index contributed by atoms with van der Waals surface area (Å²) in [5.74, 6) is 0.347. The van der Waals surface area contributed by atoms with Gasteiger partial charge in [0.05, 0.1) is 35.5 Å². The number of terminal acetylenes is 1. The first-order valence-electron chi connectivity index (χ1n) is 8.96. The molecule has 1 heterocycles. The fraction of sp³-hybridized carbons (Fsp3) is 0.0435. The Bertz CT molecular complexity index is 1290. The molecule has 0 saturated heterocycles. The van der Waals surface area contributed by atoms with E-state index in [1.807, 2.05) is 0 Å². The van der Waals surface area contributed by atoms with Crippen LogP contribution in [0.25, 0.3) is 4.85 Å².